The normalized spacial score (nSPS) is 15.9. The molecule has 0 amide bonds. The number of carbonyl (C=O) groups excluding carboxylic acids is 1. The fraction of sp³-hybridized carbons (Fsp3) is 0.889. The Bertz CT molecular complexity index is 206. The van der Waals surface area contributed by atoms with E-state index < -0.39 is 30.7 Å². The van der Waals surface area contributed by atoms with Crippen molar-refractivity contribution < 1.29 is 22.7 Å². The van der Waals surface area contributed by atoms with Gasteiger partial charge in [-0.3, -0.25) is 4.79 Å². The summed E-state index contributed by atoms with van der Waals surface area (Å²) in [6.45, 7) is 4.72. The summed E-state index contributed by atoms with van der Waals surface area (Å²) in [6, 6.07) is -1.52. The second-order valence-electron chi connectivity index (χ2n) is 3.36. The second kappa shape index (κ2) is 5.95. The molecule has 0 saturated carbocycles. The Morgan fingerprint density at radius 3 is 2.33 bits per heavy atom. The molecule has 0 radical (unpaired) electrons. The summed E-state index contributed by atoms with van der Waals surface area (Å²) in [5, 5.41) is 2.53. The number of alkyl halides is 3. The highest BCUT2D eigenvalue weighted by molar-refractivity contribution is 5.75. The van der Waals surface area contributed by atoms with Crippen molar-refractivity contribution in [1.82, 2.24) is 5.32 Å². The molecule has 0 aromatic carbocycles. The molecule has 2 unspecified atom stereocenters. The molecule has 90 valence electrons. The fourth-order valence-electron chi connectivity index (χ4n) is 1.17. The highest BCUT2D eigenvalue weighted by atomic mass is 19.4. The van der Waals surface area contributed by atoms with Gasteiger partial charge in [-0.15, -0.1) is 0 Å². The lowest BCUT2D eigenvalue weighted by Gasteiger charge is -2.19. The van der Waals surface area contributed by atoms with Crippen molar-refractivity contribution in [3.8, 4) is 0 Å². The number of carbonyl (C=O) groups is 1. The Kier molecular flexibility index (Phi) is 5.64. The molecular weight excluding hydrogens is 211 g/mol. The maximum absolute atomic E-state index is 11.9. The third kappa shape index (κ3) is 7.18. The molecule has 0 rings (SSSR count). The van der Waals surface area contributed by atoms with Gasteiger partial charge in [-0.05, 0) is 20.8 Å². The molecule has 0 aliphatic carbocycles. The third-order valence-corrected chi connectivity index (χ3v) is 1.71. The number of ether oxygens (including phenoxy) is 1. The maximum Gasteiger partial charge on any atom is 0.390 e. The predicted octanol–water partition coefficient (Wildman–Crippen LogP) is 1.87. The van der Waals surface area contributed by atoms with Crippen LogP contribution in [-0.2, 0) is 9.53 Å². The van der Waals surface area contributed by atoms with Crippen LogP contribution in [0.3, 0.4) is 0 Å². The summed E-state index contributed by atoms with van der Waals surface area (Å²) >= 11 is 0. The van der Waals surface area contributed by atoms with Crippen LogP contribution in [0.4, 0.5) is 13.2 Å². The quantitative estimate of drug-likeness (QED) is 0.729. The van der Waals surface area contributed by atoms with Crippen LogP contribution in [0.25, 0.3) is 0 Å². The standard InChI is InChI=1S/C9H16F3NO2/c1-4-15-8(14)7(3)13-6(2)5-9(10,11)12/h6-7,13H,4-5H2,1-3H3. The van der Waals surface area contributed by atoms with Crippen LogP contribution >= 0.6 is 0 Å². The summed E-state index contributed by atoms with van der Waals surface area (Å²) in [7, 11) is 0. The summed E-state index contributed by atoms with van der Waals surface area (Å²) in [4.78, 5) is 11.1. The minimum atomic E-state index is -4.22. The smallest absolute Gasteiger partial charge is 0.390 e. The van der Waals surface area contributed by atoms with Gasteiger partial charge in [0.25, 0.3) is 0 Å². The SMILES string of the molecule is CCOC(=O)C(C)NC(C)CC(F)(F)F. The first-order chi connectivity index (χ1) is 6.76. The lowest BCUT2D eigenvalue weighted by atomic mass is 10.2. The largest absolute Gasteiger partial charge is 0.465 e. The Labute approximate surface area is 87.0 Å². The monoisotopic (exact) mass is 227 g/mol. The molecule has 2 atom stereocenters. The van der Waals surface area contributed by atoms with Gasteiger partial charge in [-0.2, -0.15) is 13.2 Å². The highest BCUT2D eigenvalue weighted by Gasteiger charge is 2.31. The van der Waals surface area contributed by atoms with Crippen LogP contribution in [0, 0.1) is 0 Å². The number of rotatable bonds is 5. The van der Waals surface area contributed by atoms with E-state index in [1.165, 1.54) is 13.8 Å². The molecule has 0 saturated heterocycles. The Morgan fingerprint density at radius 1 is 1.40 bits per heavy atom. The van der Waals surface area contributed by atoms with Crippen molar-refractivity contribution >= 4 is 5.97 Å². The first-order valence-corrected chi connectivity index (χ1v) is 4.75. The van der Waals surface area contributed by atoms with Crippen LogP contribution in [-0.4, -0.2) is 30.8 Å². The van der Waals surface area contributed by atoms with E-state index in [2.05, 4.69) is 10.1 Å². The molecule has 3 nitrogen and oxygen atoms in total. The zero-order valence-electron chi connectivity index (χ0n) is 9.02. The zero-order chi connectivity index (χ0) is 12.1. The minimum absolute atomic E-state index is 0.221. The van der Waals surface area contributed by atoms with Gasteiger partial charge in [0.2, 0.25) is 0 Å². The fourth-order valence-corrected chi connectivity index (χ4v) is 1.17. The van der Waals surface area contributed by atoms with Gasteiger partial charge in [0.05, 0.1) is 13.0 Å². The Hall–Kier alpha value is -0.780. The van der Waals surface area contributed by atoms with E-state index in [1.54, 1.807) is 6.92 Å². The van der Waals surface area contributed by atoms with Gasteiger partial charge in [0, 0.05) is 6.04 Å². The van der Waals surface area contributed by atoms with Crippen LogP contribution in [0.2, 0.25) is 0 Å². The lowest BCUT2D eigenvalue weighted by molar-refractivity contribution is -0.149. The van der Waals surface area contributed by atoms with E-state index in [9.17, 15) is 18.0 Å². The van der Waals surface area contributed by atoms with Gasteiger partial charge in [-0.1, -0.05) is 0 Å². The number of nitrogens with one attached hydrogen (secondary N) is 1. The van der Waals surface area contributed by atoms with Crippen molar-refractivity contribution in [3.05, 3.63) is 0 Å². The third-order valence-electron chi connectivity index (χ3n) is 1.71. The molecule has 0 aromatic rings. The van der Waals surface area contributed by atoms with Gasteiger partial charge in [0.1, 0.15) is 6.04 Å². The van der Waals surface area contributed by atoms with Crippen molar-refractivity contribution in [1.29, 1.82) is 0 Å². The summed E-state index contributed by atoms with van der Waals surface area (Å²) in [6.07, 6.45) is -5.18. The van der Waals surface area contributed by atoms with E-state index in [-0.39, 0.29) is 6.61 Å². The van der Waals surface area contributed by atoms with Crippen LogP contribution in [0.5, 0.6) is 0 Å². The lowest BCUT2D eigenvalue weighted by Crippen LogP contribution is -2.42. The predicted molar refractivity (Wildman–Crippen MR) is 49.4 cm³/mol. The van der Waals surface area contributed by atoms with Crippen molar-refractivity contribution in [2.45, 2.75) is 45.5 Å². The number of hydrogen-bond donors (Lipinski definition) is 1. The minimum Gasteiger partial charge on any atom is -0.465 e. The van der Waals surface area contributed by atoms with E-state index >= 15 is 0 Å². The first-order valence-electron chi connectivity index (χ1n) is 4.75. The summed E-state index contributed by atoms with van der Waals surface area (Å²) < 4.78 is 40.5. The van der Waals surface area contributed by atoms with Crippen LogP contribution < -0.4 is 5.32 Å². The molecule has 0 aromatic heterocycles. The van der Waals surface area contributed by atoms with E-state index in [1.807, 2.05) is 0 Å². The number of halogens is 3. The molecule has 1 N–H and O–H groups in total. The molecule has 0 aliphatic heterocycles. The molecule has 0 fully saturated rings. The van der Waals surface area contributed by atoms with E-state index in [4.69, 9.17) is 0 Å². The van der Waals surface area contributed by atoms with Gasteiger partial charge in [0.15, 0.2) is 0 Å². The number of hydrogen-bond acceptors (Lipinski definition) is 3. The Balaban J connectivity index is 3.96. The average Bonchev–Trinajstić information content (AvgIpc) is 2.00. The van der Waals surface area contributed by atoms with Gasteiger partial charge >= 0.3 is 12.1 Å². The van der Waals surface area contributed by atoms with Crippen molar-refractivity contribution in [2.75, 3.05) is 6.61 Å². The molecule has 0 aliphatic rings. The maximum atomic E-state index is 11.9. The molecule has 0 heterocycles. The second-order valence-corrected chi connectivity index (χ2v) is 3.36. The molecular formula is C9H16F3NO2. The molecule has 6 heteroatoms. The van der Waals surface area contributed by atoms with E-state index in [0.29, 0.717) is 0 Å². The van der Waals surface area contributed by atoms with Crippen molar-refractivity contribution in [3.63, 3.8) is 0 Å². The van der Waals surface area contributed by atoms with Gasteiger partial charge < -0.3 is 10.1 Å². The topological polar surface area (TPSA) is 38.3 Å². The van der Waals surface area contributed by atoms with E-state index in [0.717, 1.165) is 0 Å². The van der Waals surface area contributed by atoms with Crippen LogP contribution in [0.15, 0.2) is 0 Å². The Morgan fingerprint density at radius 2 is 1.93 bits per heavy atom. The van der Waals surface area contributed by atoms with Crippen molar-refractivity contribution in [2.24, 2.45) is 0 Å². The molecule has 0 spiro atoms. The summed E-state index contributed by atoms with van der Waals surface area (Å²) in [5.74, 6) is -0.536. The van der Waals surface area contributed by atoms with Gasteiger partial charge in [-0.25, -0.2) is 0 Å². The highest BCUT2D eigenvalue weighted by Crippen LogP contribution is 2.21. The average molecular weight is 227 g/mol. The van der Waals surface area contributed by atoms with Crippen LogP contribution in [0.1, 0.15) is 27.2 Å². The first kappa shape index (κ1) is 14.2. The summed E-state index contributed by atoms with van der Waals surface area (Å²) in [5.41, 5.74) is 0. The zero-order valence-corrected chi connectivity index (χ0v) is 9.02. The number of esters is 1. The molecule has 0 bridgehead atoms. The molecule has 15 heavy (non-hydrogen) atoms.